The van der Waals surface area contributed by atoms with Gasteiger partial charge in [0, 0.05) is 31.1 Å². The Morgan fingerprint density at radius 3 is 2.71 bits per heavy atom. The van der Waals surface area contributed by atoms with Gasteiger partial charge in [-0.05, 0) is 39.8 Å². The number of fused-ring (bicyclic) bond motifs is 1. The monoisotopic (exact) mass is 327 g/mol. The Kier molecular flexibility index (Phi) is 4.35. The largest absolute Gasteiger partial charge is 0.444 e. The van der Waals surface area contributed by atoms with Crippen molar-refractivity contribution in [2.24, 2.45) is 0 Å². The molecule has 0 saturated carbocycles. The molecule has 0 spiro atoms. The normalized spacial score (nSPS) is 18.8. The van der Waals surface area contributed by atoms with Crippen molar-refractivity contribution >= 4 is 22.7 Å². The summed E-state index contributed by atoms with van der Waals surface area (Å²) in [6, 6.07) is 10.5. The minimum absolute atomic E-state index is 0.217. The highest BCUT2D eigenvalue weighted by Crippen LogP contribution is 2.24. The van der Waals surface area contributed by atoms with E-state index in [0.717, 1.165) is 23.1 Å². The predicted octanol–water partition coefficient (Wildman–Crippen LogP) is 3.68. The summed E-state index contributed by atoms with van der Waals surface area (Å²) in [5.41, 5.74) is 1.64. The van der Waals surface area contributed by atoms with Gasteiger partial charge < -0.3 is 14.5 Å². The fraction of sp³-hybridized carbons (Fsp3) is 0.474. The van der Waals surface area contributed by atoms with Crippen LogP contribution in [-0.2, 0) is 4.74 Å². The van der Waals surface area contributed by atoms with E-state index >= 15 is 0 Å². The number of hydrogen-bond acceptors (Lipinski definition) is 4. The number of ether oxygens (including phenoxy) is 1. The second-order valence-corrected chi connectivity index (χ2v) is 7.35. The third kappa shape index (κ3) is 3.61. The molecule has 1 aromatic heterocycles. The summed E-state index contributed by atoms with van der Waals surface area (Å²) < 4.78 is 5.48. The number of carbonyl (C=O) groups is 1. The van der Waals surface area contributed by atoms with Crippen molar-refractivity contribution < 1.29 is 9.53 Å². The third-order valence-corrected chi connectivity index (χ3v) is 4.19. The van der Waals surface area contributed by atoms with Crippen molar-refractivity contribution in [3.05, 3.63) is 36.5 Å². The zero-order valence-electron chi connectivity index (χ0n) is 14.8. The number of aromatic nitrogens is 1. The van der Waals surface area contributed by atoms with Gasteiger partial charge in [-0.3, -0.25) is 4.98 Å². The van der Waals surface area contributed by atoms with Gasteiger partial charge in [0.25, 0.3) is 0 Å². The fourth-order valence-electron chi connectivity index (χ4n) is 3.05. The van der Waals surface area contributed by atoms with E-state index in [2.05, 4.69) is 28.9 Å². The van der Waals surface area contributed by atoms with Crippen LogP contribution in [0.25, 0.3) is 10.9 Å². The molecule has 24 heavy (non-hydrogen) atoms. The summed E-state index contributed by atoms with van der Waals surface area (Å²) in [5, 5.41) is 1.14. The number of amides is 1. The molecule has 128 valence electrons. The quantitative estimate of drug-likeness (QED) is 0.801. The van der Waals surface area contributed by atoms with E-state index in [1.54, 1.807) is 4.90 Å². The average Bonchev–Trinajstić information content (AvgIpc) is 2.52. The molecule has 0 aliphatic carbocycles. The first-order valence-electron chi connectivity index (χ1n) is 8.43. The first-order chi connectivity index (χ1) is 11.3. The molecule has 1 saturated heterocycles. The van der Waals surface area contributed by atoms with Gasteiger partial charge in [0.2, 0.25) is 0 Å². The lowest BCUT2D eigenvalue weighted by Gasteiger charge is -2.41. The number of anilines is 1. The molecule has 1 fully saturated rings. The minimum Gasteiger partial charge on any atom is -0.444 e. The molecule has 5 heteroatoms. The maximum absolute atomic E-state index is 12.3. The van der Waals surface area contributed by atoms with E-state index in [-0.39, 0.29) is 12.1 Å². The molecule has 1 aromatic carbocycles. The van der Waals surface area contributed by atoms with Crippen LogP contribution in [0.3, 0.4) is 0 Å². The molecular weight excluding hydrogens is 302 g/mol. The Labute approximate surface area is 143 Å². The van der Waals surface area contributed by atoms with Gasteiger partial charge in [-0.15, -0.1) is 0 Å². The Bertz CT molecular complexity index is 739. The van der Waals surface area contributed by atoms with Crippen LogP contribution in [0.4, 0.5) is 10.5 Å². The number of hydrogen-bond donors (Lipinski definition) is 0. The van der Waals surface area contributed by atoms with E-state index in [4.69, 9.17) is 4.74 Å². The summed E-state index contributed by atoms with van der Waals surface area (Å²) >= 11 is 0. The Hall–Kier alpha value is -2.30. The molecule has 0 radical (unpaired) electrons. The zero-order chi connectivity index (χ0) is 17.3. The van der Waals surface area contributed by atoms with Crippen LogP contribution in [0.15, 0.2) is 36.5 Å². The van der Waals surface area contributed by atoms with Gasteiger partial charge in [-0.2, -0.15) is 0 Å². The Morgan fingerprint density at radius 1 is 1.25 bits per heavy atom. The molecule has 1 amide bonds. The lowest BCUT2D eigenvalue weighted by atomic mass is 10.1. The zero-order valence-corrected chi connectivity index (χ0v) is 14.8. The molecule has 1 aliphatic rings. The second-order valence-electron chi connectivity index (χ2n) is 7.35. The first-order valence-corrected chi connectivity index (χ1v) is 8.43. The number of carbonyl (C=O) groups excluding carboxylic acids is 1. The van der Waals surface area contributed by atoms with Gasteiger partial charge in [0.15, 0.2) is 0 Å². The lowest BCUT2D eigenvalue weighted by molar-refractivity contribution is 0.0219. The van der Waals surface area contributed by atoms with Crippen molar-refractivity contribution in [3.63, 3.8) is 0 Å². The molecule has 2 heterocycles. The third-order valence-electron chi connectivity index (χ3n) is 4.19. The smallest absolute Gasteiger partial charge is 0.410 e. The lowest BCUT2D eigenvalue weighted by Crippen LogP contribution is -2.54. The van der Waals surface area contributed by atoms with Crippen molar-refractivity contribution in [1.29, 1.82) is 0 Å². The van der Waals surface area contributed by atoms with E-state index in [1.807, 2.05) is 45.2 Å². The predicted molar refractivity (Wildman–Crippen MR) is 96.4 cm³/mol. The van der Waals surface area contributed by atoms with Crippen LogP contribution in [0.2, 0.25) is 0 Å². The molecule has 0 bridgehead atoms. The van der Waals surface area contributed by atoms with Crippen LogP contribution < -0.4 is 4.90 Å². The number of nitrogens with zero attached hydrogens (tertiary/aromatic N) is 3. The van der Waals surface area contributed by atoms with Gasteiger partial charge in [-0.1, -0.05) is 18.2 Å². The number of pyridine rings is 1. The Balaban J connectivity index is 1.72. The highest BCUT2D eigenvalue weighted by molar-refractivity contribution is 5.81. The topological polar surface area (TPSA) is 45.7 Å². The number of para-hydroxylation sites is 1. The van der Waals surface area contributed by atoms with Gasteiger partial charge in [0.1, 0.15) is 5.60 Å². The average molecular weight is 327 g/mol. The summed E-state index contributed by atoms with van der Waals surface area (Å²) in [6.45, 7) is 9.90. The van der Waals surface area contributed by atoms with Crippen LogP contribution >= 0.6 is 0 Å². The summed E-state index contributed by atoms with van der Waals surface area (Å²) in [4.78, 5) is 20.9. The number of benzene rings is 1. The van der Waals surface area contributed by atoms with E-state index in [0.29, 0.717) is 13.1 Å². The van der Waals surface area contributed by atoms with E-state index < -0.39 is 5.60 Å². The van der Waals surface area contributed by atoms with Crippen LogP contribution in [0.5, 0.6) is 0 Å². The number of piperazine rings is 1. The first kappa shape index (κ1) is 16.6. The summed E-state index contributed by atoms with van der Waals surface area (Å²) in [6.07, 6.45) is 1.69. The van der Waals surface area contributed by atoms with Crippen molar-refractivity contribution in [2.45, 2.75) is 39.3 Å². The van der Waals surface area contributed by atoms with Gasteiger partial charge in [-0.25, -0.2) is 4.79 Å². The van der Waals surface area contributed by atoms with Gasteiger partial charge in [0.05, 0.1) is 17.4 Å². The van der Waals surface area contributed by atoms with Gasteiger partial charge >= 0.3 is 6.09 Å². The van der Waals surface area contributed by atoms with E-state index in [9.17, 15) is 4.79 Å². The molecule has 1 atom stereocenters. The molecule has 0 unspecified atom stereocenters. The van der Waals surface area contributed by atoms with Crippen molar-refractivity contribution in [3.8, 4) is 0 Å². The van der Waals surface area contributed by atoms with Crippen LogP contribution in [0.1, 0.15) is 27.7 Å². The van der Waals surface area contributed by atoms with Crippen molar-refractivity contribution in [1.82, 2.24) is 9.88 Å². The highest BCUT2D eigenvalue weighted by atomic mass is 16.6. The minimum atomic E-state index is -0.459. The molecule has 5 nitrogen and oxygen atoms in total. The van der Waals surface area contributed by atoms with Crippen LogP contribution in [-0.4, -0.2) is 47.3 Å². The second kappa shape index (κ2) is 6.30. The number of rotatable bonds is 1. The standard InChI is InChI=1S/C19H25N3O2/c1-14-13-21(18(23)24-19(2,3)4)9-10-22(14)16-11-15-7-5-6-8-17(15)20-12-16/h5-8,11-12,14H,9-10,13H2,1-4H3/t14-/m0/s1. The highest BCUT2D eigenvalue weighted by Gasteiger charge is 2.30. The van der Waals surface area contributed by atoms with E-state index in [1.165, 1.54) is 0 Å². The van der Waals surface area contributed by atoms with Crippen LogP contribution in [0, 0.1) is 0 Å². The molecule has 2 aromatic rings. The summed E-state index contributed by atoms with van der Waals surface area (Å²) in [7, 11) is 0. The maximum atomic E-state index is 12.3. The Morgan fingerprint density at radius 2 is 2.00 bits per heavy atom. The van der Waals surface area contributed by atoms with Crippen molar-refractivity contribution in [2.75, 3.05) is 24.5 Å². The fourth-order valence-corrected chi connectivity index (χ4v) is 3.05. The maximum Gasteiger partial charge on any atom is 0.410 e. The molecule has 0 N–H and O–H groups in total. The molecular formula is C19H25N3O2. The SMILES string of the molecule is C[C@H]1CN(C(=O)OC(C)(C)C)CCN1c1cnc2ccccc2c1. The summed E-state index contributed by atoms with van der Waals surface area (Å²) in [5.74, 6) is 0. The molecule has 3 rings (SSSR count). The molecule has 1 aliphatic heterocycles.